The molecule has 1 rings (SSSR count). The SMILES string of the molecule is C=CCC1=C(O)COC1=O. The smallest absolute Gasteiger partial charge is 0.338 e. The summed E-state index contributed by atoms with van der Waals surface area (Å²) in [6.45, 7) is 3.46. The molecule has 0 saturated heterocycles. The third kappa shape index (κ3) is 1.03. The molecule has 0 aromatic rings. The molecule has 1 N–H and O–H groups in total. The van der Waals surface area contributed by atoms with Crippen molar-refractivity contribution < 1.29 is 14.6 Å². The quantitative estimate of drug-likeness (QED) is 0.458. The van der Waals surface area contributed by atoms with Gasteiger partial charge in [0.2, 0.25) is 0 Å². The zero-order valence-electron chi connectivity index (χ0n) is 5.46. The van der Waals surface area contributed by atoms with Gasteiger partial charge in [-0.25, -0.2) is 4.79 Å². The van der Waals surface area contributed by atoms with Gasteiger partial charge in [0.15, 0.2) is 0 Å². The molecule has 1 aliphatic rings. The molecule has 0 fully saturated rings. The highest BCUT2D eigenvalue weighted by Gasteiger charge is 2.22. The first-order valence-corrected chi connectivity index (χ1v) is 2.94. The molecule has 1 heterocycles. The Hall–Kier alpha value is -1.25. The molecule has 0 aliphatic carbocycles. The molecular weight excluding hydrogens is 132 g/mol. The summed E-state index contributed by atoms with van der Waals surface area (Å²) in [4.78, 5) is 10.7. The largest absolute Gasteiger partial charge is 0.508 e. The minimum Gasteiger partial charge on any atom is -0.508 e. The molecule has 0 aromatic carbocycles. The molecule has 3 heteroatoms. The van der Waals surface area contributed by atoms with Gasteiger partial charge in [-0.3, -0.25) is 0 Å². The van der Waals surface area contributed by atoms with Gasteiger partial charge < -0.3 is 9.84 Å². The van der Waals surface area contributed by atoms with Gasteiger partial charge in [0, 0.05) is 6.42 Å². The third-order valence-electron chi connectivity index (χ3n) is 1.28. The zero-order valence-corrected chi connectivity index (χ0v) is 5.46. The Balaban J connectivity index is 2.77. The van der Waals surface area contributed by atoms with Gasteiger partial charge in [-0.15, -0.1) is 6.58 Å². The van der Waals surface area contributed by atoms with Crippen LogP contribution >= 0.6 is 0 Å². The molecule has 0 radical (unpaired) electrons. The number of rotatable bonds is 2. The van der Waals surface area contributed by atoms with Crippen molar-refractivity contribution in [3.63, 3.8) is 0 Å². The predicted octanol–water partition coefficient (Wildman–Crippen LogP) is 0.931. The lowest BCUT2D eigenvalue weighted by Gasteiger charge is -1.90. The third-order valence-corrected chi connectivity index (χ3v) is 1.28. The van der Waals surface area contributed by atoms with E-state index < -0.39 is 5.97 Å². The lowest BCUT2D eigenvalue weighted by atomic mass is 10.2. The van der Waals surface area contributed by atoms with Gasteiger partial charge in [0.1, 0.15) is 12.4 Å². The van der Waals surface area contributed by atoms with E-state index in [0.717, 1.165) is 0 Å². The van der Waals surface area contributed by atoms with Crippen LogP contribution in [0, 0.1) is 0 Å². The van der Waals surface area contributed by atoms with Crippen LogP contribution in [-0.4, -0.2) is 17.7 Å². The van der Waals surface area contributed by atoms with Crippen molar-refractivity contribution in [1.82, 2.24) is 0 Å². The van der Waals surface area contributed by atoms with E-state index in [1.807, 2.05) is 0 Å². The van der Waals surface area contributed by atoms with Crippen LogP contribution in [-0.2, 0) is 9.53 Å². The van der Waals surface area contributed by atoms with Gasteiger partial charge >= 0.3 is 5.97 Å². The number of ether oxygens (including phenoxy) is 1. The summed E-state index contributed by atoms with van der Waals surface area (Å²) in [7, 11) is 0. The predicted molar refractivity (Wildman–Crippen MR) is 35.4 cm³/mol. The second-order valence-corrected chi connectivity index (χ2v) is 1.99. The van der Waals surface area contributed by atoms with Gasteiger partial charge in [-0.1, -0.05) is 6.08 Å². The molecule has 0 amide bonds. The first kappa shape index (κ1) is 6.86. The van der Waals surface area contributed by atoms with E-state index in [4.69, 9.17) is 5.11 Å². The molecule has 0 spiro atoms. The highest BCUT2D eigenvalue weighted by atomic mass is 16.5. The van der Waals surface area contributed by atoms with E-state index in [1.165, 1.54) is 0 Å². The molecule has 3 nitrogen and oxygen atoms in total. The summed E-state index contributed by atoms with van der Waals surface area (Å²) in [6.07, 6.45) is 1.93. The molecule has 10 heavy (non-hydrogen) atoms. The van der Waals surface area contributed by atoms with Gasteiger partial charge in [-0.05, 0) is 0 Å². The average Bonchev–Trinajstić information content (AvgIpc) is 2.20. The van der Waals surface area contributed by atoms with Crippen molar-refractivity contribution in [3.8, 4) is 0 Å². The number of carbonyl (C=O) groups is 1. The average molecular weight is 140 g/mol. The summed E-state index contributed by atoms with van der Waals surface area (Å²) in [5.74, 6) is -0.401. The summed E-state index contributed by atoms with van der Waals surface area (Å²) < 4.78 is 4.52. The normalized spacial score (nSPS) is 17.4. The van der Waals surface area contributed by atoms with Crippen LogP contribution in [0.2, 0.25) is 0 Å². The van der Waals surface area contributed by atoms with Crippen LogP contribution in [0.1, 0.15) is 6.42 Å². The number of carbonyl (C=O) groups excluding carboxylic acids is 1. The number of hydrogen-bond acceptors (Lipinski definition) is 3. The minimum atomic E-state index is -0.433. The van der Waals surface area contributed by atoms with Crippen LogP contribution in [0.15, 0.2) is 24.0 Å². The molecule has 0 aromatic heterocycles. The summed E-state index contributed by atoms with van der Waals surface area (Å²) in [5, 5.41) is 8.98. The van der Waals surface area contributed by atoms with Crippen LogP contribution < -0.4 is 0 Å². The zero-order chi connectivity index (χ0) is 7.56. The lowest BCUT2D eigenvalue weighted by Crippen LogP contribution is -1.97. The summed E-state index contributed by atoms with van der Waals surface area (Å²) in [5.41, 5.74) is 0.329. The van der Waals surface area contributed by atoms with E-state index in [1.54, 1.807) is 6.08 Å². The van der Waals surface area contributed by atoms with Crippen molar-refractivity contribution in [3.05, 3.63) is 24.0 Å². The summed E-state index contributed by atoms with van der Waals surface area (Å²) in [6, 6.07) is 0. The van der Waals surface area contributed by atoms with Crippen molar-refractivity contribution in [2.45, 2.75) is 6.42 Å². The second-order valence-electron chi connectivity index (χ2n) is 1.99. The van der Waals surface area contributed by atoms with Crippen LogP contribution in [0.4, 0.5) is 0 Å². The Morgan fingerprint density at radius 3 is 2.90 bits per heavy atom. The topological polar surface area (TPSA) is 46.5 Å². The van der Waals surface area contributed by atoms with Gasteiger partial charge in [0.25, 0.3) is 0 Å². The molecule has 54 valence electrons. The minimum absolute atomic E-state index is 0.0159. The molecule has 0 atom stereocenters. The van der Waals surface area contributed by atoms with E-state index in [2.05, 4.69) is 11.3 Å². The first-order chi connectivity index (χ1) is 4.75. The maximum atomic E-state index is 10.7. The Bertz CT molecular complexity index is 203. The van der Waals surface area contributed by atoms with Crippen LogP contribution in [0.25, 0.3) is 0 Å². The highest BCUT2D eigenvalue weighted by Crippen LogP contribution is 2.16. The van der Waals surface area contributed by atoms with Crippen molar-refractivity contribution in [1.29, 1.82) is 0 Å². The maximum Gasteiger partial charge on any atom is 0.338 e. The van der Waals surface area contributed by atoms with Gasteiger partial charge in [-0.2, -0.15) is 0 Å². The fraction of sp³-hybridized carbons (Fsp3) is 0.286. The number of allylic oxidation sites excluding steroid dienone is 1. The maximum absolute atomic E-state index is 10.7. The van der Waals surface area contributed by atoms with E-state index in [-0.39, 0.29) is 12.4 Å². The van der Waals surface area contributed by atoms with Gasteiger partial charge in [0.05, 0.1) is 5.57 Å². The Morgan fingerprint density at radius 2 is 2.50 bits per heavy atom. The number of aliphatic hydroxyl groups excluding tert-OH is 1. The Labute approximate surface area is 58.6 Å². The lowest BCUT2D eigenvalue weighted by molar-refractivity contribution is -0.136. The number of esters is 1. The molecule has 0 saturated carbocycles. The van der Waals surface area contributed by atoms with E-state index in [9.17, 15) is 4.79 Å². The number of hydrogen-bond donors (Lipinski definition) is 1. The Kier molecular flexibility index (Phi) is 1.76. The standard InChI is InChI=1S/C7H8O3/c1-2-3-5-6(8)4-10-7(5)9/h2,8H,1,3-4H2. The van der Waals surface area contributed by atoms with Crippen LogP contribution in [0.5, 0.6) is 0 Å². The highest BCUT2D eigenvalue weighted by molar-refractivity contribution is 5.91. The van der Waals surface area contributed by atoms with Crippen LogP contribution in [0.3, 0.4) is 0 Å². The monoisotopic (exact) mass is 140 g/mol. The van der Waals surface area contributed by atoms with E-state index in [0.29, 0.717) is 12.0 Å². The molecular formula is C7H8O3. The summed E-state index contributed by atoms with van der Waals surface area (Å²) >= 11 is 0. The fourth-order valence-electron chi connectivity index (χ4n) is 0.771. The second kappa shape index (κ2) is 2.56. The first-order valence-electron chi connectivity index (χ1n) is 2.94. The van der Waals surface area contributed by atoms with Crippen molar-refractivity contribution in [2.75, 3.05) is 6.61 Å². The molecule has 0 unspecified atom stereocenters. The fourth-order valence-corrected chi connectivity index (χ4v) is 0.771. The molecule has 1 aliphatic heterocycles. The number of cyclic esters (lactones) is 1. The Morgan fingerprint density at radius 1 is 1.80 bits per heavy atom. The van der Waals surface area contributed by atoms with Crippen molar-refractivity contribution in [2.24, 2.45) is 0 Å². The number of aliphatic hydroxyl groups is 1. The van der Waals surface area contributed by atoms with Crippen molar-refractivity contribution >= 4 is 5.97 Å². The molecule has 0 bridgehead atoms. The van der Waals surface area contributed by atoms with E-state index >= 15 is 0 Å².